The van der Waals surface area contributed by atoms with Crippen LogP contribution < -0.4 is 9.64 Å². The van der Waals surface area contributed by atoms with Gasteiger partial charge in [-0.1, -0.05) is 32.9 Å². The molecule has 2 unspecified atom stereocenters. The second-order valence-electron chi connectivity index (χ2n) is 10.5. The van der Waals surface area contributed by atoms with Gasteiger partial charge in [-0.25, -0.2) is 4.98 Å². The Morgan fingerprint density at radius 1 is 1.08 bits per heavy atom. The molecule has 200 valence electrons. The lowest BCUT2D eigenvalue weighted by molar-refractivity contribution is -0.114. The number of hydrogen-bond donors (Lipinski definition) is 0. The second kappa shape index (κ2) is 9.95. The van der Waals surface area contributed by atoms with Crippen LogP contribution in [0, 0.1) is 5.92 Å². The molecule has 0 saturated carbocycles. The quantitative estimate of drug-likeness (QED) is 0.326. The summed E-state index contributed by atoms with van der Waals surface area (Å²) in [4.78, 5) is 35.5. The molecule has 0 N–H and O–H groups in total. The number of nitrogens with zero attached hydrogens (tertiary/aromatic N) is 8. The molecule has 4 aromatic rings. The van der Waals surface area contributed by atoms with Gasteiger partial charge in [0.05, 0.1) is 24.2 Å². The highest BCUT2D eigenvalue weighted by Gasteiger charge is 2.33. The highest BCUT2D eigenvalue weighted by atomic mass is 16.5. The van der Waals surface area contributed by atoms with E-state index in [-0.39, 0.29) is 18.1 Å². The van der Waals surface area contributed by atoms with Gasteiger partial charge in [-0.3, -0.25) is 14.0 Å². The van der Waals surface area contributed by atoms with Crippen LogP contribution in [0.5, 0.6) is 6.01 Å². The molecule has 0 spiro atoms. The number of carbonyl (C=O) groups is 1. The number of aromatic nitrogens is 6. The number of rotatable bonds is 8. The van der Waals surface area contributed by atoms with Crippen LogP contribution in [0.2, 0.25) is 0 Å². The molecule has 0 amide bonds. The SMILES string of the molecule is CC(C=O)CN1CCC1Oc1nc2c(N3CCOCC3)nc(-n3c(C(C)C)nc4ccccc43)nc2n1C. The van der Waals surface area contributed by atoms with E-state index in [9.17, 15) is 4.79 Å². The number of morpholine rings is 1. The predicted octanol–water partition coefficient (Wildman–Crippen LogP) is 2.91. The summed E-state index contributed by atoms with van der Waals surface area (Å²) in [6.45, 7) is 10.5. The van der Waals surface area contributed by atoms with Crippen molar-refractivity contribution >= 4 is 34.3 Å². The van der Waals surface area contributed by atoms with Crippen LogP contribution in [0.3, 0.4) is 0 Å². The minimum Gasteiger partial charge on any atom is -0.445 e. The van der Waals surface area contributed by atoms with Crippen LogP contribution in [-0.2, 0) is 16.6 Å². The fraction of sp³-hybridized carbons (Fsp3) is 0.519. The summed E-state index contributed by atoms with van der Waals surface area (Å²) in [5.41, 5.74) is 3.29. The Hall–Kier alpha value is -3.57. The molecule has 2 aliphatic rings. The van der Waals surface area contributed by atoms with Crippen LogP contribution in [0.25, 0.3) is 28.1 Å². The predicted molar refractivity (Wildman–Crippen MR) is 144 cm³/mol. The van der Waals surface area contributed by atoms with Crippen molar-refractivity contribution in [1.82, 2.24) is 34.0 Å². The number of aldehydes is 1. The average molecular weight is 519 g/mol. The first-order chi connectivity index (χ1) is 18.4. The molecule has 11 heteroatoms. The first-order valence-electron chi connectivity index (χ1n) is 13.4. The summed E-state index contributed by atoms with van der Waals surface area (Å²) < 4.78 is 15.9. The summed E-state index contributed by atoms with van der Waals surface area (Å²) >= 11 is 0. The van der Waals surface area contributed by atoms with Crippen molar-refractivity contribution in [3.8, 4) is 12.0 Å². The summed E-state index contributed by atoms with van der Waals surface area (Å²) in [5.74, 6) is 2.38. The summed E-state index contributed by atoms with van der Waals surface area (Å²) in [7, 11) is 1.93. The number of anilines is 1. The van der Waals surface area contributed by atoms with Crippen molar-refractivity contribution in [2.24, 2.45) is 13.0 Å². The third kappa shape index (κ3) is 4.29. The molecule has 2 atom stereocenters. The van der Waals surface area contributed by atoms with Gasteiger partial charge in [0.1, 0.15) is 12.1 Å². The van der Waals surface area contributed by atoms with E-state index in [4.69, 9.17) is 29.4 Å². The molecule has 3 aromatic heterocycles. The highest BCUT2D eigenvalue weighted by molar-refractivity contribution is 5.86. The fourth-order valence-electron chi connectivity index (χ4n) is 5.15. The van der Waals surface area contributed by atoms with Crippen molar-refractivity contribution in [1.29, 1.82) is 0 Å². The van der Waals surface area contributed by atoms with E-state index in [1.807, 2.05) is 36.7 Å². The third-order valence-corrected chi connectivity index (χ3v) is 7.33. The lowest BCUT2D eigenvalue weighted by Gasteiger charge is -2.40. The third-order valence-electron chi connectivity index (χ3n) is 7.33. The number of imidazole rings is 2. The number of aryl methyl sites for hydroxylation is 1. The van der Waals surface area contributed by atoms with Crippen molar-refractivity contribution in [3.05, 3.63) is 30.1 Å². The molecule has 0 aliphatic carbocycles. The van der Waals surface area contributed by atoms with E-state index in [1.165, 1.54) is 0 Å². The normalized spacial score (nSPS) is 19.3. The largest absolute Gasteiger partial charge is 0.445 e. The Labute approximate surface area is 221 Å². The summed E-state index contributed by atoms with van der Waals surface area (Å²) in [6.07, 6.45) is 1.76. The first kappa shape index (κ1) is 24.7. The minimum absolute atomic E-state index is 0.0386. The van der Waals surface area contributed by atoms with Crippen LogP contribution in [-0.4, -0.2) is 85.9 Å². The highest BCUT2D eigenvalue weighted by Crippen LogP contribution is 2.32. The number of benzene rings is 1. The molecule has 0 bridgehead atoms. The average Bonchev–Trinajstić information content (AvgIpc) is 3.47. The number of hydrogen-bond acceptors (Lipinski definition) is 9. The van der Waals surface area contributed by atoms with Crippen molar-refractivity contribution in [3.63, 3.8) is 0 Å². The van der Waals surface area contributed by atoms with Gasteiger partial charge >= 0.3 is 0 Å². The molecular weight excluding hydrogens is 484 g/mol. The Morgan fingerprint density at radius 3 is 2.58 bits per heavy atom. The maximum absolute atomic E-state index is 11.2. The Bertz CT molecular complexity index is 1470. The van der Waals surface area contributed by atoms with Crippen molar-refractivity contribution in [2.45, 2.75) is 39.3 Å². The molecule has 2 saturated heterocycles. The van der Waals surface area contributed by atoms with Gasteiger partial charge in [0, 0.05) is 51.5 Å². The standard InChI is InChI=1S/C27H34N8O3/c1-17(2)23-28-19-7-5-6-8-20(19)35(23)26-30-24-22(25(31-26)33-11-13-37-14-12-33)29-27(32(24)4)38-21-9-10-34(21)15-18(3)16-36/h5-8,16-18,21H,9-15H2,1-4H3. The molecule has 2 fully saturated rings. The maximum atomic E-state index is 11.2. The van der Waals surface area contributed by atoms with Gasteiger partial charge < -0.3 is 19.2 Å². The van der Waals surface area contributed by atoms with E-state index in [0.29, 0.717) is 42.9 Å². The van der Waals surface area contributed by atoms with Gasteiger partial charge in [0.25, 0.3) is 6.01 Å². The van der Waals surface area contributed by atoms with Crippen LogP contribution in [0.15, 0.2) is 24.3 Å². The molecule has 5 heterocycles. The molecular formula is C27H34N8O3. The molecule has 0 radical (unpaired) electrons. The maximum Gasteiger partial charge on any atom is 0.300 e. The van der Waals surface area contributed by atoms with E-state index >= 15 is 0 Å². The molecule has 38 heavy (non-hydrogen) atoms. The Morgan fingerprint density at radius 2 is 1.87 bits per heavy atom. The van der Waals surface area contributed by atoms with Crippen molar-refractivity contribution < 1.29 is 14.3 Å². The lowest BCUT2D eigenvalue weighted by Crippen LogP contribution is -2.52. The zero-order chi connectivity index (χ0) is 26.4. The summed E-state index contributed by atoms with van der Waals surface area (Å²) in [5, 5.41) is 0. The first-order valence-corrected chi connectivity index (χ1v) is 13.4. The zero-order valence-electron chi connectivity index (χ0n) is 22.4. The monoisotopic (exact) mass is 518 g/mol. The van der Waals surface area contributed by atoms with Crippen molar-refractivity contribution in [2.75, 3.05) is 44.3 Å². The smallest absolute Gasteiger partial charge is 0.300 e. The van der Waals surface area contributed by atoms with E-state index in [2.05, 4.69) is 34.3 Å². The molecule has 6 rings (SSSR count). The van der Waals surface area contributed by atoms with E-state index < -0.39 is 0 Å². The topological polar surface area (TPSA) is 103 Å². The molecule has 11 nitrogen and oxygen atoms in total. The number of likely N-dealkylation sites (tertiary alicyclic amines) is 1. The Balaban J connectivity index is 1.47. The van der Waals surface area contributed by atoms with E-state index in [1.54, 1.807) is 0 Å². The zero-order valence-corrected chi connectivity index (χ0v) is 22.4. The Kier molecular flexibility index (Phi) is 6.48. The van der Waals surface area contributed by atoms with Gasteiger partial charge in [0.2, 0.25) is 5.95 Å². The second-order valence-corrected chi connectivity index (χ2v) is 10.5. The summed E-state index contributed by atoms with van der Waals surface area (Å²) in [6, 6.07) is 8.58. The molecule has 1 aromatic carbocycles. The van der Waals surface area contributed by atoms with Gasteiger partial charge in [-0.15, -0.1) is 0 Å². The van der Waals surface area contributed by atoms with Crippen LogP contribution in [0.4, 0.5) is 5.82 Å². The number of carbonyl (C=O) groups excluding carboxylic acids is 1. The number of ether oxygens (including phenoxy) is 2. The molecule has 2 aliphatic heterocycles. The number of para-hydroxylation sites is 2. The van der Waals surface area contributed by atoms with Gasteiger partial charge in [0.15, 0.2) is 23.2 Å². The lowest BCUT2D eigenvalue weighted by atomic mass is 10.1. The number of fused-ring (bicyclic) bond motifs is 2. The van der Waals surface area contributed by atoms with Crippen LogP contribution >= 0.6 is 0 Å². The van der Waals surface area contributed by atoms with Gasteiger partial charge in [-0.05, 0) is 12.1 Å². The fourth-order valence-corrected chi connectivity index (χ4v) is 5.15. The van der Waals surface area contributed by atoms with Gasteiger partial charge in [-0.2, -0.15) is 15.0 Å². The minimum atomic E-state index is -0.114. The van der Waals surface area contributed by atoms with E-state index in [0.717, 1.165) is 55.0 Å². The van der Waals surface area contributed by atoms with Crippen LogP contribution in [0.1, 0.15) is 38.9 Å².